The van der Waals surface area contributed by atoms with Crippen LogP contribution in [0.15, 0.2) is 33.7 Å². The first-order chi connectivity index (χ1) is 10.9. The second-order valence-electron chi connectivity index (χ2n) is 5.31. The van der Waals surface area contributed by atoms with Gasteiger partial charge in [0.1, 0.15) is 17.5 Å². The van der Waals surface area contributed by atoms with Gasteiger partial charge in [0, 0.05) is 7.05 Å². The Morgan fingerprint density at radius 3 is 2.78 bits per heavy atom. The predicted molar refractivity (Wildman–Crippen MR) is 88.1 cm³/mol. The topological polar surface area (TPSA) is 77.1 Å². The molecule has 6 nitrogen and oxygen atoms in total. The SMILES string of the molecule is Cc1ccc(NC(=O)c2c(C)oc3ncn(C)c(=O)c23)c(Cl)c1. The number of rotatable bonds is 2. The van der Waals surface area contributed by atoms with Crippen molar-refractivity contribution in [2.24, 2.45) is 7.05 Å². The lowest BCUT2D eigenvalue weighted by Crippen LogP contribution is -2.20. The van der Waals surface area contributed by atoms with Gasteiger partial charge in [0.15, 0.2) is 0 Å². The first-order valence-corrected chi connectivity index (χ1v) is 7.28. The molecule has 0 aliphatic rings. The van der Waals surface area contributed by atoms with Crippen molar-refractivity contribution < 1.29 is 9.21 Å². The zero-order chi connectivity index (χ0) is 16.7. The number of carbonyl (C=O) groups excluding carboxylic acids is 1. The second kappa shape index (κ2) is 5.55. The molecule has 0 fully saturated rings. The highest BCUT2D eigenvalue weighted by atomic mass is 35.5. The summed E-state index contributed by atoms with van der Waals surface area (Å²) < 4.78 is 6.72. The van der Waals surface area contributed by atoms with Gasteiger partial charge in [0.25, 0.3) is 11.5 Å². The van der Waals surface area contributed by atoms with Gasteiger partial charge >= 0.3 is 0 Å². The van der Waals surface area contributed by atoms with E-state index in [4.69, 9.17) is 16.0 Å². The fraction of sp³-hybridized carbons (Fsp3) is 0.188. The Labute approximate surface area is 136 Å². The molecular formula is C16H14ClN3O3. The summed E-state index contributed by atoms with van der Waals surface area (Å²) in [4.78, 5) is 28.9. The summed E-state index contributed by atoms with van der Waals surface area (Å²) in [5.74, 6) is -0.131. The van der Waals surface area contributed by atoms with Gasteiger partial charge in [-0.1, -0.05) is 17.7 Å². The van der Waals surface area contributed by atoms with Gasteiger partial charge in [-0.3, -0.25) is 9.59 Å². The van der Waals surface area contributed by atoms with Crippen LogP contribution in [0.5, 0.6) is 0 Å². The standard InChI is InChI=1S/C16H14ClN3O3/c1-8-4-5-11(10(17)6-8)19-14(21)12-9(2)23-15-13(12)16(22)20(3)7-18-15/h4-7H,1-3H3,(H,19,21). The van der Waals surface area contributed by atoms with Gasteiger partial charge in [0.2, 0.25) is 5.71 Å². The van der Waals surface area contributed by atoms with E-state index in [0.29, 0.717) is 16.5 Å². The molecule has 0 spiro atoms. The Balaban J connectivity index is 2.09. The van der Waals surface area contributed by atoms with Crippen LogP contribution in [0, 0.1) is 13.8 Å². The number of nitrogens with one attached hydrogen (secondary N) is 1. The van der Waals surface area contributed by atoms with Crippen LogP contribution in [0.3, 0.4) is 0 Å². The van der Waals surface area contributed by atoms with Crippen LogP contribution in [-0.4, -0.2) is 15.5 Å². The van der Waals surface area contributed by atoms with Crippen molar-refractivity contribution in [2.75, 3.05) is 5.32 Å². The molecule has 2 aromatic heterocycles. The molecule has 0 saturated carbocycles. The van der Waals surface area contributed by atoms with Crippen LogP contribution in [0.25, 0.3) is 11.1 Å². The van der Waals surface area contributed by atoms with Crippen LogP contribution < -0.4 is 10.9 Å². The minimum atomic E-state index is -0.461. The van der Waals surface area contributed by atoms with Gasteiger partial charge < -0.3 is 14.3 Å². The van der Waals surface area contributed by atoms with E-state index in [1.165, 1.54) is 10.9 Å². The molecule has 0 atom stereocenters. The predicted octanol–water partition coefficient (Wildman–Crippen LogP) is 3.05. The van der Waals surface area contributed by atoms with Gasteiger partial charge in [-0.2, -0.15) is 0 Å². The lowest BCUT2D eigenvalue weighted by atomic mass is 10.1. The number of hydrogen-bond donors (Lipinski definition) is 1. The van der Waals surface area contributed by atoms with E-state index < -0.39 is 5.91 Å². The molecule has 3 aromatic rings. The Kier molecular flexibility index (Phi) is 3.69. The summed E-state index contributed by atoms with van der Waals surface area (Å²) in [6.45, 7) is 3.52. The van der Waals surface area contributed by atoms with Gasteiger partial charge in [0.05, 0.1) is 16.3 Å². The molecule has 1 amide bonds. The molecule has 0 aliphatic heterocycles. The average Bonchev–Trinajstić information content (AvgIpc) is 2.83. The van der Waals surface area contributed by atoms with Crippen molar-refractivity contribution in [1.82, 2.24) is 9.55 Å². The summed E-state index contributed by atoms with van der Waals surface area (Å²) in [5, 5.41) is 3.30. The van der Waals surface area contributed by atoms with Crippen LogP contribution >= 0.6 is 11.6 Å². The quantitative estimate of drug-likeness (QED) is 0.783. The molecular weight excluding hydrogens is 318 g/mol. The minimum absolute atomic E-state index is 0.144. The Hall–Kier alpha value is -2.60. The molecule has 23 heavy (non-hydrogen) atoms. The summed E-state index contributed by atoms with van der Waals surface area (Å²) in [5.41, 5.74) is 1.43. The first kappa shape index (κ1) is 15.3. The third-order valence-corrected chi connectivity index (χ3v) is 3.86. The van der Waals surface area contributed by atoms with E-state index in [0.717, 1.165) is 5.56 Å². The van der Waals surface area contributed by atoms with Crippen LogP contribution in [0.1, 0.15) is 21.7 Å². The Bertz CT molecular complexity index is 988. The van der Waals surface area contributed by atoms with Crippen molar-refractivity contribution >= 4 is 34.3 Å². The molecule has 0 unspecified atom stereocenters. The minimum Gasteiger partial charge on any atom is -0.442 e. The van der Waals surface area contributed by atoms with E-state index in [9.17, 15) is 9.59 Å². The van der Waals surface area contributed by atoms with Crippen LogP contribution in [0.2, 0.25) is 5.02 Å². The summed E-state index contributed by atoms with van der Waals surface area (Å²) in [7, 11) is 1.57. The first-order valence-electron chi connectivity index (χ1n) is 6.90. The third-order valence-electron chi connectivity index (χ3n) is 3.55. The zero-order valence-electron chi connectivity index (χ0n) is 12.8. The van der Waals surface area contributed by atoms with E-state index in [2.05, 4.69) is 10.3 Å². The van der Waals surface area contributed by atoms with Crippen molar-refractivity contribution in [3.8, 4) is 0 Å². The van der Waals surface area contributed by atoms with E-state index >= 15 is 0 Å². The number of fused-ring (bicyclic) bond motifs is 1. The number of carbonyl (C=O) groups is 1. The van der Waals surface area contributed by atoms with E-state index in [1.807, 2.05) is 13.0 Å². The van der Waals surface area contributed by atoms with Crippen molar-refractivity contribution in [1.29, 1.82) is 0 Å². The average molecular weight is 332 g/mol. The molecule has 1 N–H and O–H groups in total. The molecule has 0 bridgehead atoms. The molecule has 3 rings (SSSR count). The van der Waals surface area contributed by atoms with Crippen LogP contribution in [-0.2, 0) is 7.05 Å². The number of aryl methyl sites for hydroxylation is 3. The molecule has 7 heteroatoms. The molecule has 1 aromatic carbocycles. The number of anilines is 1. The van der Waals surface area contributed by atoms with Gasteiger partial charge in [-0.05, 0) is 31.5 Å². The Morgan fingerprint density at radius 1 is 1.35 bits per heavy atom. The number of amides is 1. The number of aromatic nitrogens is 2. The fourth-order valence-corrected chi connectivity index (χ4v) is 2.65. The zero-order valence-corrected chi connectivity index (χ0v) is 13.6. The summed E-state index contributed by atoms with van der Waals surface area (Å²) in [6, 6.07) is 5.30. The maximum Gasteiger partial charge on any atom is 0.265 e. The third kappa shape index (κ3) is 2.61. The number of furan rings is 1. The maximum absolute atomic E-state index is 12.6. The van der Waals surface area contributed by atoms with Crippen LogP contribution in [0.4, 0.5) is 5.69 Å². The number of nitrogens with zero attached hydrogens (tertiary/aromatic N) is 2. The van der Waals surface area contributed by atoms with Crippen molar-refractivity contribution in [3.63, 3.8) is 0 Å². The molecule has 0 aliphatic carbocycles. The molecule has 0 radical (unpaired) electrons. The van der Waals surface area contributed by atoms with Gasteiger partial charge in [-0.15, -0.1) is 0 Å². The Morgan fingerprint density at radius 2 is 2.09 bits per heavy atom. The lowest BCUT2D eigenvalue weighted by Gasteiger charge is -2.07. The van der Waals surface area contributed by atoms with Crippen molar-refractivity contribution in [2.45, 2.75) is 13.8 Å². The molecule has 0 saturated heterocycles. The second-order valence-corrected chi connectivity index (χ2v) is 5.72. The van der Waals surface area contributed by atoms with Crippen molar-refractivity contribution in [3.05, 3.63) is 56.8 Å². The molecule has 2 heterocycles. The highest BCUT2D eigenvalue weighted by molar-refractivity contribution is 6.34. The number of benzene rings is 1. The highest BCUT2D eigenvalue weighted by Gasteiger charge is 2.22. The highest BCUT2D eigenvalue weighted by Crippen LogP contribution is 2.26. The van der Waals surface area contributed by atoms with Gasteiger partial charge in [-0.25, -0.2) is 4.98 Å². The number of hydrogen-bond acceptors (Lipinski definition) is 4. The van der Waals surface area contributed by atoms with E-state index in [1.54, 1.807) is 26.1 Å². The number of halogens is 1. The monoisotopic (exact) mass is 331 g/mol. The van der Waals surface area contributed by atoms with E-state index in [-0.39, 0.29) is 22.2 Å². The summed E-state index contributed by atoms with van der Waals surface area (Å²) >= 11 is 6.13. The maximum atomic E-state index is 12.6. The molecule has 118 valence electrons. The normalized spacial score (nSPS) is 11.0. The largest absolute Gasteiger partial charge is 0.442 e. The lowest BCUT2D eigenvalue weighted by molar-refractivity contribution is 0.102. The fourth-order valence-electron chi connectivity index (χ4n) is 2.37. The summed E-state index contributed by atoms with van der Waals surface area (Å²) in [6.07, 6.45) is 1.35. The smallest absolute Gasteiger partial charge is 0.265 e.